The fraction of sp³-hybridized carbons (Fsp3) is 0.300. The maximum Gasteiger partial charge on any atom is 0.260 e. The minimum Gasteiger partial charge on any atom is -0.361 e. The molecule has 0 aliphatic carbocycles. The highest BCUT2D eigenvalue weighted by atomic mass is 16.5. The van der Waals surface area contributed by atoms with E-state index in [-0.39, 0.29) is 25.0 Å². The molecule has 2 aromatic carbocycles. The lowest BCUT2D eigenvalue weighted by Gasteiger charge is -2.15. The highest BCUT2D eigenvalue weighted by molar-refractivity contribution is 6.04. The second kappa shape index (κ2) is 6.55. The first-order chi connectivity index (χ1) is 12.6. The third kappa shape index (κ3) is 2.58. The summed E-state index contributed by atoms with van der Waals surface area (Å²) >= 11 is 0. The van der Waals surface area contributed by atoms with Gasteiger partial charge in [-0.05, 0) is 12.1 Å². The third-order valence-corrected chi connectivity index (χ3v) is 4.92. The minimum atomic E-state index is -0.617. The summed E-state index contributed by atoms with van der Waals surface area (Å²) < 4.78 is 11.6. The van der Waals surface area contributed by atoms with Crippen LogP contribution >= 0.6 is 0 Å². The maximum absolute atomic E-state index is 12.4. The summed E-state index contributed by atoms with van der Waals surface area (Å²) in [6, 6.07) is 15.2. The molecule has 2 atom stereocenters. The number of hydrogen-bond donors (Lipinski definition) is 0. The van der Waals surface area contributed by atoms with E-state index >= 15 is 0 Å². The van der Waals surface area contributed by atoms with E-state index in [9.17, 15) is 9.59 Å². The predicted octanol–water partition coefficient (Wildman–Crippen LogP) is 2.46. The number of carbonyl (C=O) groups excluding carboxylic acids is 2. The summed E-state index contributed by atoms with van der Waals surface area (Å²) in [7, 11) is 3.48. The van der Waals surface area contributed by atoms with Crippen LogP contribution in [0, 0.1) is 0 Å². The molecule has 2 heterocycles. The van der Waals surface area contributed by atoms with E-state index in [0.717, 1.165) is 22.5 Å². The number of hydrogen-bond acceptors (Lipinski definition) is 4. The number of ether oxygens (including phenoxy) is 2. The summed E-state index contributed by atoms with van der Waals surface area (Å²) in [5, 5.41) is 0. The van der Waals surface area contributed by atoms with Crippen LogP contribution in [0.2, 0.25) is 0 Å². The van der Waals surface area contributed by atoms with Crippen LogP contribution < -0.4 is 9.80 Å². The van der Waals surface area contributed by atoms with E-state index < -0.39 is 12.2 Å². The molecule has 0 fully saturated rings. The highest BCUT2D eigenvalue weighted by Crippen LogP contribution is 2.38. The number of amides is 2. The van der Waals surface area contributed by atoms with Crippen LogP contribution in [0.1, 0.15) is 23.3 Å². The van der Waals surface area contributed by atoms with Gasteiger partial charge in [-0.25, -0.2) is 0 Å². The number of carbonyl (C=O) groups is 2. The molecular weight excluding hydrogens is 332 g/mol. The number of likely N-dealkylation sites (N-methyl/N-ethyl adjacent to an activating group) is 2. The Morgan fingerprint density at radius 2 is 1.12 bits per heavy atom. The van der Waals surface area contributed by atoms with Gasteiger partial charge >= 0.3 is 0 Å². The number of anilines is 2. The molecule has 0 aromatic heterocycles. The molecule has 0 saturated heterocycles. The first-order valence-corrected chi connectivity index (χ1v) is 8.56. The van der Waals surface area contributed by atoms with E-state index in [1.807, 2.05) is 48.5 Å². The fourth-order valence-corrected chi connectivity index (χ4v) is 3.54. The number of rotatable bonds is 5. The zero-order chi connectivity index (χ0) is 18.3. The monoisotopic (exact) mass is 352 g/mol. The van der Waals surface area contributed by atoms with Crippen LogP contribution in [0.25, 0.3) is 0 Å². The standard InChI is InChI=1S/C20H20N2O4/c1-21-15-9-5-3-7-13(15)17(19(21)23)25-11-12-26-18-14-8-4-6-10-16(14)22(2)20(18)24/h3-10,17-18H,11-12H2,1-2H3. The van der Waals surface area contributed by atoms with E-state index in [1.54, 1.807) is 23.9 Å². The molecule has 6 heteroatoms. The average Bonchev–Trinajstić information content (AvgIpc) is 3.06. The summed E-state index contributed by atoms with van der Waals surface area (Å²) in [6.45, 7) is 0.461. The fourth-order valence-electron chi connectivity index (χ4n) is 3.54. The lowest BCUT2D eigenvalue weighted by Crippen LogP contribution is -2.27. The molecule has 2 amide bonds. The van der Waals surface area contributed by atoms with Crippen molar-refractivity contribution in [3.8, 4) is 0 Å². The van der Waals surface area contributed by atoms with Gasteiger partial charge in [-0.3, -0.25) is 9.59 Å². The van der Waals surface area contributed by atoms with E-state index in [0.29, 0.717) is 0 Å². The second-order valence-corrected chi connectivity index (χ2v) is 6.41. The largest absolute Gasteiger partial charge is 0.361 e. The molecule has 0 saturated carbocycles. The molecule has 2 aliphatic rings. The van der Waals surface area contributed by atoms with Crippen LogP contribution in [0.5, 0.6) is 0 Å². The molecule has 2 aromatic rings. The Labute approximate surface area is 151 Å². The van der Waals surface area contributed by atoms with Gasteiger partial charge in [0, 0.05) is 36.6 Å². The first kappa shape index (κ1) is 16.8. The van der Waals surface area contributed by atoms with Gasteiger partial charge in [-0.2, -0.15) is 0 Å². The molecule has 26 heavy (non-hydrogen) atoms. The number of para-hydroxylation sites is 2. The van der Waals surface area contributed by atoms with Crippen molar-refractivity contribution in [3.63, 3.8) is 0 Å². The van der Waals surface area contributed by atoms with Crippen molar-refractivity contribution in [2.24, 2.45) is 0 Å². The lowest BCUT2D eigenvalue weighted by atomic mass is 10.1. The van der Waals surface area contributed by atoms with E-state index in [4.69, 9.17) is 9.47 Å². The van der Waals surface area contributed by atoms with Gasteiger partial charge in [0.1, 0.15) is 0 Å². The normalized spacial score (nSPS) is 21.3. The summed E-state index contributed by atoms with van der Waals surface area (Å²) in [4.78, 5) is 27.9. The predicted molar refractivity (Wildman–Crippen MR) is 97.1 cm³/mol. The van der Waals surface area contributed by atoms with Gasteiger partial charge in [0.15, 0.2) is 12.2 Å². The van der Waals surface area contributed by atoms with Crippen molar-refractivity contribution >= 4 is 23.2 Å². The van der Waals surface area contributed by atoms with Crippen molar-refractivity contribution in [2.75, 3.05) is 37.1 Å². The highest BCUT2D eigenvalue weighted by Gasteiger charge is 2.37. The van der Waals surface area contributed by atoms with Crippen LogP contribution in [0.15, 0.2) is 48.5 Å². The molecule has 0 radical (unpaired) electrons. The molecule has 2 aliphatic heterocycles. The Morgan fingerprint density at radius 1 is 0.731 bits per heavy atom. The molecule has 2 unspecified atom stereocenters. The Bertz CT molecular complexity index is 795. The number of benzene rings is 2. The van der Waals surface area contributed by atoms with Crippen LogP contribution in [0.3, 0.4) is 0 Å². The van der Waals surface area contributed by atoms with Crippen molar-refractivity contribution in [3.05, 3.63) is 59.7 Å². The van der Waals surface area contributed by atoms with Gasteiger partial charge in [0.25, 0.3) is 11.8 Å². The zero-order valence-electron chi connectivity index (χ0n) is 14.7. The summed E-state index contributed by atoms with van der Waals surface area (Å²) in [5.41, 5.74) is 3.46. The smallest absolute Gasteiger partial charge is 0.260 e. The second-order valence-electron chi connectivity index (χ2n) is 6.41. The number of fused-ring (bicyclic) bond motifs is 2. The first-order valence-electron chi connectivity index (χ1n) is 8.56. The van der Waals surface area contributed by atoms with Gasteiger partial charge in [0.05, 0.1) is 13.2 Å². The van der Waals surface area contributed by atoms with Gasteiger partial charge in [-0.1, -0.05) is 36.4 Å². The third-order valence-electron chi connectivity index (χ3n) is 4.92. The van der Waals surface area contributed by atoms with Gasteiger partial charge in [0.2, 0.25) is 0 Å². The zero-order valence-corrected chi connectivity index (χ0v) is 14.7. The van der Waals surface area contributed by atoms with E-state index in [1.165, 1.54) is 0 Å². The van der Waals surface area contributed by atoms with Crippen LogP contribution in [-0.2, 0) is 19.1 Å². The van der Waals surface area contributed by atoms with Crippen LogP contribution in [0.4, 0.5) is 11.4 Å². The quantitative estimate of drug-likeness (QED) is 0.776. The number of nitrogens with zero attached hydrogens (tertiary/aromatic N) is 2. The molecule has 134 valence electrons. The molecule has 6 nitrogen and oxygen atoms in total. The van der Waals surface area contributed by atoms with E-state index in [2.05, 4.69) is 0 Å². The maximum atomic E-state index is 12.4. The van der Waals surface area contributed by atoms with Crippen molar-refractivity contribution < 1.29 is 19.1 Å². The van der Waals surface area contributed by atoms with Gasteiger partial charge in [-0.15, -0.1) is 0 Å². The van der Waals surface area contributed by atoms with Crippen molar-refractivity contribution in [1.82, 2.24) is 0 Å². The minimum absolute atomic E-state index is 0.0896. The molecule has 0 spiro atoms. The van der Waals surface area contributed by atoms with Gasteiger partial charge < -0.3 is 19.3 Å². The molecule has 0 N–H and O–H groups in total. The molecule has 0 bridgehead atoms. The van der Waals surface area contributed by atoms with Crippen LogP contribution in [-0.4, -0.2) is 39.1 Å². The summed E-state index contributed by atoms with van der Waals surface area (Å²) in [6.07, 6.45) is -1.23. The Morgan fingerprint density at radius 3 is 1.54 bits per heavy atom. The Kier molecular flexibility index (Phi) is 4.22. The molecular formula is C20H20N2O4. The van der Waals surface area contributed by atoms with Crippen molar-refractivity contribution in [1.29, 1.82) is 0 Å². The summed E-state index contributed by atoms with van der Waals surface area (Å²) in [5.74, 6) is -0.179. The lowest BCUT2D eigenvalue weighted by molar-refractivity contribution is -0.135. The Hall–Kier alpha value is -2.70. The SMILES string of the molecule is CN1C(=O)C(OCCOC2C(=O)N(C)c3ccccc32)c2ccccc21. The molecule has 4 rings (SSSR count). The average molecular weight is 352 g/mol. The van der Waals surface area contributed by atoms with Crippen molar-refractivity contribution in [2.45, 2.75) is 12.2 Å². The topological polar surface area (TPSA) is 59.1 Å². The Balaban J connectivity index is 1.38.